The van der Waals surface area contributed by atoms with Crippen LogP contribution in [0.4, 0.5) is 4.39 Å². The summed E-state index contributed by atoms with van der Waals surface area (Å²) in [6.07, 6.45) is 2.13. The third-order valence-corrected chi connectivity index (χ3v) is 4.92. The molecule has 0 amide bonds. The molecule has 0 saturated heterocycles. The van der Waals surface area contributed by atoms with E-state index < -0.39 is 33.0 Å². The normalized spacial score (nSPS) is 23.3. The van der Waals surface area contributed by atoms with E-state index in [-0.39, 0.29) is 5.56 Å². The third-order valence-electron chi connectivity index (χ3n) is 3.28. The van der Waals surface area contributed by atoms with E-state index in [1.807, 2.05) is 0 Å². The summed E-state index contributed by atoms with van der Waals surface area (Å²) in [6.45, 7) is 0. The highest BCUT2D eigenvalue weighted by atomic mass is 32.2. The maximum absolute atomic E-state index is 13.0. The maximum Gasteiger partial charge on any atom is 0.338 e. The Morgan fingerprint density at radius 3 is 2.68 bits per heavy atom. The van der Waals surface area contributed by atoms with E-state index in [1.54, 1.807) is 0 Å². The fourth-order valence-electron chi connectivity index (χ4n) is 2.23. The average molecular weight is 286 g/mol. The fraction of sp³-hybridized carbons (Fsp3) is 0.462. The van der Waals surface area contributed by atoms with Crippen molar-refractivity contribution in [3.8, 4) is 0 Å². The van der Waals surface area contributed by atoms with Gasteiger partial charge < -0.3 is 4.74 Å². The zero-order valence-electron chi connectivity index (χ0n) is 10.5. The molecule has 2 atom stereocenters. The number of halogens is 1. The van der Waals surface area contributed by atoms with E-state index in [2.05, 4.69) is 0 Å². The molecule has 2 rings (SSSR count). The minimum atomic E-state index is -3.09. The first-order valence-corrected chi connectivity index (χ1v) is 7.97. The van der Waals surface area contributed by atoms with Crippen LogP contribution in [0.1, 0.15) is 29.6 Å². The molecule has 1 aliphatic rings. The molecule has 0 bridgehead atoms. The standard InChI is InChI=1S/C13H15FO4S/c1-19(16,17)12-6-5-11(8-12)18-13(15)9-3-2-4-10(14)7-9/h2-4,7,11-12H,5-6,8H2,1H3/t11-,12+/m1/s1. The van der Waals surface area contributed by atoms with E-state index in [4.69, 9.17) is 4.74 Å². The highest BCUT2D eigenvalue weighted by Gasteiger charge is 2.33. The molecule has 4 nitrogen and oxygen atoms in total. The second-order valence-electron chi connectivity index (χ2n) is 4.80. The van der Waals surface area contributed by atoms with Crippen molar-refractivity contribution >= 4 is 15.8 Å². The van der Waals surface area contributed by atoms with Crippen LogP contribution in [0.15, 0.2) is 24.3 Å². The molecule has 0 N–H and O–H groups in total. The van der Waals surface area contributed by atoms with Crippen molar-refractivity contribution in [3.05, 3.63) is 35.6 Å². The summed E-state index contributed by atoms with van der Waals surface area (Å²) in [5.74, 6) is -1.12. The summed E-state index contributed by atoms with van der Waals surface area (Å²) < 4.78 is 41.0. The van der Waals surface area contributed by atoms with Gasteiger partial charge in [0, 0.05) is 12.7 Å². The Labute approximate surface area is 111 Å². The van der Waals surface area contributed by atoms with Crippen LogP contribution in [0.5, 0.6) is 0 Å². The van der Waals surface area contributed by atoms with Crippen LogP contribution in [0.25, 0.3) is 0 Å². The van der Waals surface area contributed by atoms with E-state index in [1.165, 1.54) is 24.5 Å². The molecule has 1 aromatic carbocycles. The highest BCUT2D eigenvalue weighted by Crippen LogP contribution is 2.27. The van der Waals surface area contributed by atoms with Gasteiger partial charge in [0.1, 0.15) is 21.8 Å². The minimum Gasteiger partial charge on any atom is -0.459 e. The Bertz CT molecular complexity index is 582. The second-order valence-corrected chi connectivity index (χ2v) is 7.13. The number of esters is 1. The van der Waals surface area contributed by atoms with Crippen molar-refractivity contribution in [1.82, 2.24) is 0 Å². The van der Waals surface area contributed by atoms with Gasteiger partial charge in [0.05, 0.1) is 10.8 Å². The zero-order valence-corrected chi connectivity index (χ0v) is 11.3. The second kappa shape index (κ2) is 5.28. The monoisotopic (exact) mass is 286 g/mol. The summed E-state index contributed by atoms with van der Waals surface area (Å²) in [4.78, 5) is 11.8. The van der Waals surface area contributed by atoms with Gasteiger partial charge in [-0.3, -0.25) is 0 Å². The van der Waals surface area contributed by atoms with Crippen molar-refractivity contribution in [3.63, 3.8) is 0 Å². The fourth-order valence-corrected chi connectivity index (χ4v) is 3.36. The molecule has 19 heavy (non-hydrogen) atoms. The SMILES string of the molecule is CS(=O)(=O)[C@H]1CC[C@@H](OC(=O)c2cccc(F)c2)C1. The molecule has 0 aromatic heterocycles. The molecule has 0 radical (unpaired) electrons. The van der Waals surface area contributed by atoms with Crippen molar-refractivity contribution in [1.29, 1.82) is 0 Å². The van der Waals surface area contributed by atoms with Crippen molar-refractivity contribution in [2.45, 2.75) is 30.6 Å². The number of carbonyl (C=O) groups is 1. The summed E-state index contributed by atoms with van der Waals surface area (Å²) in [5, 5.41) is -0.446. The summed E-state index contributed by atoms with van der Waals surface area (Å²) in [6, 6.07) is 5.24. The minimum absolute atomic E-state index is 0.141. The molecule has 1 aromatic rings. The first kappa shape index (κ1) is 14.0. The summed E-state index contributed by atoms with van der Waals surface area (Å²) >= 11 is 0. The molecule has 1 saturated carbocycles. The Balaban J connectivity index is 1.98. The van der Waals surface area contributed by atoms with Gasteiger partial charge >= 0.3 is 5.97 Å². The lowest BCUT2D eigenvalue weighted by atomic mass is 10.2. The molecule has 1 aliphatic carbocycles. The van der Waals surface area contributed by atoms with Crippen LogP contribution in [0, 0.1) is 5.82 Å². The van der Waals surface area contributed by atoms with Gasteiger partial charge in [-0.05, 0) is 31.0 Å². The van der Waals surface area contributed by atoms with Gasteiger partial charge in [0.25, 0.3) is 0 Å². The van der Waals surface area contributed by atoms with Crippen LogP contribution in [-0.4, -0.2) is 32.0 Å². The Kier molecular flexibility index (Phi) is 3.89. The number of rotatable bonds is 3. The predicted octanol–water partition coefficient (Wildman–Crippen LogP) is 1.95. The van der Waals surface area contributed by atoms with Crippen LogP contribution in [0.3, 0.4) is 0 Å². The zero-order chi connectivity index (χ0) is 14.0. The molecule has 0 aliphatic heterocycles. The van der Waals surface area contributed by atoms with Crippen LogP contribution >= 0.6 is 0 Å². The molecule has 6 heteroatoms. The van der Waals surface area contributed by atoms with E-state index in [0.29, 0.717) is 19.3 Å². The molecule has 1 fully saturated rings. The van der Waals surface area contributed by atoms with Crippen LogP contribution in [-0.2, 0) is 14.6 Å². The van der Waals surface area contributed by atoms with Gasteiger partial charge in [0.15, 0.2) is 0 Å². The van der Waals surface area contributed by atoms with Crippen LogP contribution < -0.4 is 0 Å². The quantitative estimate of drug-likeness (QED) is 0.797. The van der Waals surface area contributed by atoms with Crippen LogP contribution in [0.2, 0.25) is 0 Å². The van der Waals surface area contributed by atoms with Crippen molar-refractivity contribution in [2.24, 2.45) is 0 Å². The van der Waals surface area contributed by atoms with Gasteiger partial charge in [-0.2, -0.15) is 0 Å². The third kappa shape index (κ3) is 3.53. The van der Waals surface area contributed by atoms with E-state index in [0.717, 1.165) is 6.07 Å². The predicted molar refractivity (Wildman–Crippen MR) is 68.1 cm³/mol. The first-order chi connectivity index (χ1) is 8.86. The molecular formula is C13H15FO4S. The lowest BCUT2D eigenvalue weighted by Gasteiger charge is -2.12. The molecule has 0 heterocycles. The molecule has 104 valence electrons. The lowest BCUT2D eigenvalue weighted by molar-refractivity contribution is 0.0317. The smallest absolute Gasteiger partial charge is 0.338 e. The largest absolute Gasteiger partial charge is 0.459 e. The maximum atomic E-state index is 13.0. The molecule has 0 spiro atoms. The number of benzene rings is 1. The number of hydrogen-bond donors (Lipinski definition) is 0. The number of sulfone groups is 1. The molecule has 0 unspecified atom stereocenters. The summed E-state index contributed by atoms with van der Waals surface area (Å²) in [7, 11) is -3.09. The van der Waals surface area contributed by atoms with Gasteiger partial charge in [0.2, 0.25) is 0 Å². The Hall–Kier alpha value is -1.43. The average Bonchev–Trinajstić information content (AvgIpc) is 2.77. The van der Waals surface area contributed by atoms with Gasteiger partial charge in [-0.25, -0.2) is 17.6 Å². The topological polar surface area (TPSA) is 60.4 Å². The van der Waals surface area contributed by atoms with E-state index >= 15 is 0 Å². The molecular weight excluding hydrogens is 271 g/mol. The van der Waals surface area contributed by atoms with E-state index in [9.17, 15) is 17.6 Å². The highest BCUT2D eigenvalue weighted by molar-refractivity contribution is 7.91. The van der Waals surface area contributed by atoms with Gasteiger partial charge in [-0.15, -0.1) is 0 Å². The number of ether oxygens (including phenoxy) is 1. The number of hydrogen-bond acceptors (Lipinski definition) is 4. The Morgan fingerprint density at radius 2 is 2.11 bits per heavy atom. The van der Waals surface area contributed by atoms with Crippen molar-refractivity contribution < 1.29 is 22.3 Å². The van der Waals surface area contributed by atoms with Gasteiger partial charge in [-0.1, -0.05) is 6.07 Å². The number of carbonyl (C=O) groups excluding carboxylic acids is 1. The lowest BCUT2D eigenvalue weighted by Crippen LogP contribution is -2.20. The Morgan fingerprint density at radius 1 is 1.37 bits per heavy atom. The summed E-state index contributed by atoms with van der Waals surface area (Å²) in [5.41, 5.74) is 0.141. The first-order valence-electron chi connectivity index (χ1n) is 6.01. The van der Waals surface area contributed by atoms with Crippen molar-refractivity contribution in [2.75, 3.05) is 6.26 Å².